The summed E-state index contributed by atoms with van der Waals surface area (Å²) in [7, 11) is -4.70. The molecule has 0 aliphatic carbocycles. The van der Waals surface area contributed by atoms with E-state index in [2.05, 4.69) is 0 Å². The Morgan fingerprint density at radius 2 is 1.43 bits per heavy atom. The van der Waals surface area contributed by atoms with Crippen LogP contribution in [0, 0.1) is 0 Å². The fourth-order valence-electron chi connectivity index (χ4n) is 4.36. The van der Waals surface area contributed by atoms with E-state index in [1.807, 2.05) is 12.1 Å². The summed E-state index contributed by atoms with van der Waals surface area (Å²) in [6.07, 6.45) is -0.985. The minimum atomic E-state index is -4.70. The molecule has 0 bridgehead atoms. The first-order chi connectivity index (χ1) is 17.6. The second kappa shape index (κ2) is 8.56. The lowest BCUT2D eigenvalue weighted by Crippen LogP contribution is -2.46. The third-order valence-electron chi connectivity index (χ3n) is 6.17. The van der Waals surface area contributed by atoms with Crippen LogP contribution in [0.4, 0.5) is 0 Å². The molecule has 0 saturated carbocycles. The van der Waals surface area contributed by atoms with Crippen molar-refractivity contribution in [3.63, 3.8) is 0 Å². The van der Waals surface area contributed by atoms with Crippen LogP contribution >= 0.6 is 0 Å². The molecular formula is C26H19NO9S. The summed E-state index contributed by atoms with van der Waals surface area (Å²) in [5.41, 5.74) is 0.893. The maximum atomic E-state index is 13.3. The normalized spacial score (nSPS) is 17.2. The van der Waals surface area contributed by atoms with Crippen LogP contribution in [0.5, 0.6) is 11.5 Å². The molecule has 10 nitrogen and oxygen atoms in total. The summed E-state index contributed by atoms with van der Waals surface area (Å²) < 4.78 is 39.3. The molecule has 1 amide bonds. The van der Waals surface area contributed by atoms with Crippen molar-refractivity contribution in [3.8, 4) is 11.5 Å². The summed E-state index contributed by atoms with van der Waals surface area (Å²) >= 11 is 0. The highest BCUT2D eigenvalue weighted by Gasteiger charge is 2.52. The maximum Gasteiger partial charge on any atom is 0.328 e. The molecule has 1 atom stereocenters. The van der Waals surface area contributed by atoms with Crippen molar-refractivity contribution in [3.05, 3.63) is 89.5 Å². The molecule has 37 heavy (non-hydrogen) atoms. The van der Waals surface area contributed by atoms with Gasteiger partial charge < -0.3 is 14.6 Å². The number of amides is 1. The number of sulfonamides is 1. The van der Waals surface area contributed by atoms with Gasteiger partial charge in [-0.25, -0.2) is 17.5 Å². The van der Waals surface area contributed by atoms with Gasteiger partial charge in [0, 0.05) is 30.5 Å². The molecule has 5 rings (SSSR count). The molecular weight excluding hydrogens is 502 g/mol. The standard InChI is InChI=1S/C26H19NO9S/c1-15(28)20(29)13-19(25(31)32)27-24(30)18-12-21-22(14-23(18)37(27,33)34)36-26(35-21,16-8-4-2-5-9-16)17-10-6-3-7-11-17/h2-12,14,19H,13H2,1H3,(H,31,32)/t19-/m0/s1. The molecule has 0 aromatic heterocycles. The topological polar surface area (TPSA) is 144 Å². The summed E-state index contributed by atoms with van der Waals surface area (Å²) in [6, 6.07) is 18.1. The zero-order chi connectivity index (χ0) is 26.5. The molecule has 0 unspecified atom stereocenters. The third-order valence-corrected chi connectivity index (χ3v) is 8.00. The molecule has 3 aromatic rings. The van der Waals surface area contributed by atoms with E-state index in [0.717, 1.165) is 13.0 Å². The van der Waals surface area contributed by atoms with Crippen LogP contribution in [-0.4, -0.2) is 47.3 Å². The van der Waals surface area contributed by atoms with Gasteiger partial charge in [0.15, 0.2) is 23.3 Å². The number of aliphatic carboxylic acids is 1. The van der Waals surface area contributed by atoms with Crippen LogP contribution in [0.2, 0.25) is 0 Å². The average Bonchev–Trinajstić information content (AvgIpc) is 3.35. The van der Waals surface area contributed by atoms with Gasteiger partial charge in [0.2, 0.25) is 5.78 Å². The SMILES string of the molecule is CC(=O)C(=O)C[C@@H](C(=O)O)N1C(=O)c2cc3c(cc2S1(=O)=O)OC(c1ccccc1)(c1ccccc1)O3. The Labute approximate surface area is 211 Å². The Bertz CT molecular complexity index is 1530. The number of ketones is 2. The predicted octanol–water partition coefficient (Wildman–Crippen LogP) is 2.51. The number of ether oxygens (including phenoxy) is 2. The number of carbonyl (C=O) groups is 4. The molecule has 2 aliphatic heterocycles. The predicted molar refractivity (Wildman–Crippen MR) is 126 cm³/mol. The molecule has 0 spiro atoms. The van der Waals surface area contributed by atoms with Crippen molar-refractivity contribution in [1.82, 2.24) is 4.31 Å². The highest BCUT2D eigenvalue weighted by Crippen LogP contribution is 2.50. The number of carbonyl (C=O) groups excluding carboxylic acids is 3. The summed E-state index contributed by atoms with van der Waals surface area (Å²) in [5.74, 6) is -6.33. The number of carboxylic acids is 1. The molecule has 2 aliphatic rings. The molecule has 188 valence electrons. The number of nitrogens with zero attached hydrogens (tertiary/aromatic N) is 1. The maximum absolute atomic E-state index is 13.3. The van der Waals surface area contributed by atoms with Gasteiger partial charge in [0.1, 0.15) is 4.90 Å². The van der Waals surface area contributed by atoms with Crippen molar-refractivity contribution < 1.29 is 42.2 Å². The van der Waals surface area contributed by atoms with Crippen molar-refractivity contribution in [1.29, 1.82) is 0 Å². The molecule has 3 aromatic carbocycles. The molecule has 0 saturated heterocycles. The van der Waals surface area contributed by atoms with E-state index in [1.54, 1.807) is 48.5 Å². The first-order valence-corrected chi connectivity index (χ1v) is 12.5. The van der Waals surface area contributed by atoms with Gasteiger partial charge in [-0.15, -0.1) is 0 Å². The van der Waals surface area contributed by atoms with E-state index >= 15 is 0 Å². The average molecular weight is 522 g/mol. The lowest BCUT2D eigenvalue weighted by Gasteiger charge is -2.28. The van der Waals surface area contributed by atoms with E-state index in [4.69, 9.17) is 9.47 Å². The Balaban J connectivity index is 1.59. The Morgan fingerprint density at radius 3 is 1.92 bits per heavy atom. The van der Waals surface area contributed by atoms with Crippen molar-refractivity contribution in [2.45, 2.75) is 30.1 Å². The van der Waals surface area contributed by atoms with E-state index in [-0.39, 0.29) is 21.4 Å². The summed E-state index contributed by atoms with van der Waals surface area (Å²) in [4.78, 5) is 47.9. The van der Waals surface area contributed by atoms with Crippen molar-refractivity contribution >= 4 is 33.5 Å². The Hall–Kier alpha value is -4.51. The molecule has 1 N–H and O–H groups in total. The molecule has 2 heterocycles. The number of rotatable bonds is 7. The molecule has 0 fully saturated rings. The minimum Gasteiger partial charge on any atom is -0.480 e. The van der Waals surface area contributed by atoms with Gasteiger partial charge >= 0.3 is 11.8 Å². The van der Waals surface area contributed by atoms with Gasteiger partial charge in [-0.1, -0.05) is 60.7 Å². The van der Waals surface area contributed by atoms with E-state index in [0.29, 0.717) is 11.1 Å². The van der Waals surface area contributed by atoms with Crippen LogP contribution in [0.1, 0.15) is 34.8 Å². The second-order valence-corrected chi connectivity index (χ2v) is 10.3. The zero-order valence-corrected chi connectivity index (χ0v) is 20.1. The fourth-order valence-corrected chi connectivity index (χ4v) is 6.07. The van der Waals surface area contributed by atoms with E-state index in [9.17, 15) is 32.7 Å². The number of hydrogen-bond donors (Lipinski definition) is 1. The largest absolute Gasteiger partial charge is 0.480 e. The highest BCUT2D eigenvalue weighted by molar-refractivity contribution is 7.90. The van der Waals surface area contributed by atoms with Crippen LogP contribution in [-0.2, 0) is 30.2 Å². The number of carboxylic acid groups (broad SMARTS) is 1. The van der Waals surface area contributed by atoms with Gasteiger partial charge in [-0.05, 0) is 6.07 Å². The number of fused-ring (bicyclic) bond motifs is 2. The van der Waals surface area contributed by atoms with Crippen LogP contribution in [0.3, 0.4) is 0 Å². The highest BCUT2D eigenvalue weighted by atomic mass is 32.2. The van der Waals surface area contributed by atoms with Gasteiger partial charge in [-0.2, -0.15) is 0 Å². The number of Topliss-reactive ketones (excluding diaryl/α,β-unsaturated/α-hetero) is 2. The lowest BCUT2D eigenvalue weighted by atomic mass is 9.97. The minimum absolute atomic E-state index is 0.0244. The Morgan fingerprint density at radius 1 is 0.919 bits per heavy atom. The van der Waals surface area contributed by atoms with Gasteiger partial charge in [0.25, 0.3) is 15.9 Å². The monoisotopic (exact) mass is 521 g/mol. The smallest absolute Gasteiger partial charge is 0.328 e. The zero-order valence-electron chi connectivity index (χ0n) is 19.3. The van der Waals surface area contributed by atoms with Crippen molar-refractivity contribution in [2.24, 2.45) is 0 Å². The lowest BCUT2D eigenvalue weighted by molar-refractivity contribution is -0.144. The van der Waals surface area contributed by atoms with Crippen molar-refractivity contribution in [2.75, 3.05) is 0 Å². The number of hydrogen-bond acceptors (Lipinski definition) is 8. The van der Waals surface area contributed by atoms with E-state index in [1.165, 1.54) is 6.07 Å². The van der Waals surface area contributed by atoms with Crippen LogP contribution in [0.15, 0.2) is 77.7 Å². The number of benzene rings is 3. The van der Waals surface area contributed by atoms with Gasteiger partial charge in [0.05, 0.1) is 5.56 Å². The quantitative estimate of drug-likeness (QED) is 0.464. The van der Waals surface area contributed by atoms with E-state index < -0.39 is 56.6 Å². The van der Waals surface area contributed by atoms with Gasteiger partial charge in [-0.3, -0.25) is 14.4 Å². The van der Waals surface area contributed by atoms with Crippen LogP contribution < -0.4 is 9.47 Å². The summed E-state index contributed by atoms with van der Waals surface area (Å²) in [5, 5.41) is 9.61. The third kappa shape index (κ3) is 3.75. The Kier molecular flexibility index (Phi) is 5.60. The summed E-state index contributed by atoms with van der Waals surface area (Å²) in [6.45, 7) is 0.932. The first-order valence-electron chi connectivity index (χ1n) is 11.1. The first kappa shape index (κ1) is 24.2. The molecule has 0 radical (unpaired) electrons. The van der Waals surface area contributed by atoms with Crippen LogP contribution in [0.25, 0.3) is 0 Å². The molecule has 11 heteroatoms. The second-order valence-electron chi connectivity index (χ2n) is 8.49. The fraction of sp³-hybridized carbons (Fsp3) is 0.154.